The fraction of sp³-hybridized carbons (Fsp3) is 0.0833. The lowest BCUT2D eigenvalue weighted by atomic mass is 10.2. The maximum atomic E-state index is 9.03. The van der Waals surface area contributed by atoms with E-state index in [1.807, 2.05) is 35.7 Å². The lowest BCUT2D eigenvalue weighted by molar-refractivity contribution is 0.282. The zero-order valence-electron chi connectivity index (χ0n) is 8.38. The van der Waals surface area contributed by atoms with E-state index < -0.39 is 0 Å². The van der Waals surface area contributed by atoms with Gasteiger partial charge < -0.3 is 9.52 Å². The first-order valence-electron chi connectivity index (χ1n) is 4.91. The first-order valence-corrected chi connectivity index (χ1v) is 5.79. The molecule has 0 radical (unpaired) electrons. The fourth-order valence-corrected chi connectivity index (χ4v) is 2.23. The predicted molar refractivity (Wildman–Crippen MR) is 63.2 cm³/mol. The molecule has 4 heteroatoms. The van der Waals surface area contributed by atoms with Crippen LogP contribution in [0.4, 0.5) is 0 Å². The molecule has 16 heavy (non-hydrogen) atoms. The van der Waals surface area contributed by atoms with Crippen molar-refractivity contribution in [2.24, 2.45) is 0 Å². The molecule has 0 aliphatic rings. The minimum atomic E-state index is 0.0249. The van der Waals surface area contributed by atoms with Crippen LogP contribution in [0.25, 0.3) is 21.9 Å². The van der Waals surface area contributed by atoms with Crippen molar-refractivity contribution in [1.29, 1.82) is 0 Å². The highest BCUT2D eigenvalue weighted by molar-refractivity contribution is 7.13. The molecule has 0 spiro atoms. The van der Waals surface area contributed by atoms with Gasteiger partial charge in [0.2, 0.25) is 5.89 Å². The summed E-state index contributed by atoms with van der Waals surface area (Å²) >= 11 is 1.60. The van der Waals surface area contributed by atoms with Crippen molar-refractivity contribution >= 4 is 22.4 Å². The molecule has 3 aromatic rings. The number of nitrogens with zero attached hydrogens (tertiary/aromatic N) is 1. The zero-order valence-corrected chi connectivity index (χ0v) is 9.20. The van der Waals surface area contributed by atoms with Gasteiger partial charge in [-0.2, -0.15) is 0 Å². The molecule has 0 aliphatic carbocycles. The topological polar surface area (TPSA) is 46.3 Å². The quantitative estimate of drug-likeness (QED) is 0.737. The van der Waals surface area contributed by atoms with Crippen molar-refractivity contribution in [3.63, 3.8) is 0 Å². The van der Waals surface area contributed by atoms with Gasteiger partial charge in [-0.25, -0.2) is 4.98 Å². The van der Waals surface area contributed by atoms with Crippen molar-refractivity contribution in [2.75, 3.05) is 0 Å². The molecule has 0 saturated heterocycles. The number of oxazole rings is 1. The van der Waals surface area contributed by atoms with Crippen LogP contribution in [0.1, 0.15) is 5.56 Å². The van der Waals surface area contributed by atoms with Crippen LogP contribution >= 0.6 is 11.3 Å². The molecule has 3 nitrogen and oxygen atoms in total. The summed E-state index contributed by atoms with van der Waals surface area (Å²) in [5.41, 5.74) is 2.38. The molecule has 3 rings (SSSR count). The number of thiophene rings is 1. The Balaban J connectivity index is 2.16. The third kappa shape index (κ3) is 1.52. The van der Waals surface area contributed by atoms with E-state index in [1.165, 1.54) is 0 Å². The Morgan fingerprint density at radius 2 is 2.25 bits per heavy atom. The van der Waals surface area contributed by atoms with Crippen LogP contribution in [0.2, 0.25) is 0 Å². The number of aromatic nitrogens is 1. The summed E-state index contributed by atoms with van der Waals surface area (Å²) in [6.07, 6.45) is 0. The van der Waals surface area contributed by atoms with Crippen LogP contribution < -0.4 is 0 Å². The largest absolute Gasteiger partial charge is 0.435 e. The Labute approximate surface area is 96.0 Å². The van der Waals surface area contributed by atoms with E-state index in [2.05, 4.69) is 4.98 Å². The van der Waals surface area contributed by atoms with Crippen LogP contribution in [0.5, 0.6) is 0 Å². The van der Waals surface area contributed by atoms with E-state index in [-0.39, 0.29) is 6.61 Å². The van der Waals surface area contributed by atoms with E-state index in [0.29, 0.717) is 5.89 Å². The van der Waals surface area contributed by atoms with Gasteiger partial charge in [0.05, 0.1) is 11.5 Å². The number of hydrogen-bond donors (Lipinski definition) is 1. The van der Waals surface area contributed by atoms with Gasteiger partial charge in [-0.3, -0.25) is 0 Å². The normalized spacial score (nSPS) is 11.1. The van der Waals surface area contributed by atoms with Crippen molar-refractivity contribution in [3.05, 3.63) is 41.3 Å². The molecule has 1 aromatic carbocycles. The first-order chi connectivity index (χ1) is 7.86. The minimum absolute atomic E-state index is 0.0249. The number of benzene rings is 1. The molecule has 0 bridgehead atoms. The van der Waals surface area contributed by atoms with Crippen LogP contribution in [-0.4, -0.2) is 10.1 Å². The van der Waals surface area contributed by atoms with Crippen molar-refractivity contribution in [2.45, 2.75) is 6.61 Å². The van der Waals surface area contributed by atoms with Gasteiger partial charge in [0.15, 0.2) is 5.58 Å². The molecule has 0 atom stereocenters. The van der Waals surface area contributed by atoms with Crippen molar-refractivity contribution in [1.82, 2.24) is 4.98 Å². The van der Waals surface area contributed by atoms with E-state index in [4.69, 9.17) is 9.52 Å². The Hall–Kier alpha value is -1.65. The summed E-state index contributed by atoms with van der Waals surface area (Å²) < 4.78 is 5.63. The highest BCUT2D eigenvalue weighted by Crippen LogP contribution is 2.27. The van der Waals surface area contributed by atoms with Crippen LogP contribution in [0.3, 0.4) is 0 Å². The van der Waals surface area contributed by atoms with Crippen LogP contribution in [-0.2, 0) is 6.61 Å². The summed E-state index contributed by atoms with van der Waals surface area (Å²) in [4.78, 5) is 5.41. The SMILES string of the molecule is OCc1ccc2oc(-c3cccs3)nc2c1. The maximum absolute atomic E-state index is 9.03. The van der Waals surface area contributed by atoms with Gasteiger partial charge in [0.25, 0.3) is 0 Å². The molecule has 0 amide bonds. The average molecular weight is 231 g/mol. The summed E-state index contributed by atoms with van der Waals surface area (Å²) in [6.45, 7) is 0.0249. The van der Waals surface area contributed by atoms with Crippen molar-refractivity contribution < 1.29 is 9.52 Å². The predicted octanol–water partition coefficient (Wildman–Crippen LogP) is 3.05. The molecule has 0 fully saturated rings. The van der Waals surface area contributed by atoms with Crippen molar-refractivity contribution in [3.8, 4) is 10.8 Å². The number of rotatable bonds is 2. The molecular formula is C12H9NO2S. The Kier molecular flexibility index (Phi) is 2.23. The highest BCUT2D eigenvalue weighted by Gasteiger charge is 2.08. The third-order valence-electron chi connectivity index (χ3n) is 2.37. The zero-order chi connectivity index (χ0) is 11.0. The number of hydrogen-bond acceptors (Lipinski definition) is 4. The Morgan fingerprint density at radius 1 is 1.31 bits per heavy atom. The molecule has 0 aliphatic heterocycles. The lowest BCUT2D eigenvalue weighted by Crippen LogP contribution is -1.81. The second-order valence-corrected chi connectivity index (χ2v) is 4.40. The molecule has 80 valence electrons. The number of aliphatic hydroxyl groups excluding tert-OH is 1. The summed E-state index contributed by atoms with van der Waals surface area (Å²) in [5.74, 6) is 0.639. The van der Waals surface area contributed by atoms with Crippen LogP contribution in [0.15, 0.2) is 40.1 Å². The van der Waals surface area contributed by atoms with Gasteiger partial charge in [0, 0.05) is 0 Å². The van der Waals surface area contributed by atoms with E-state index in [9.17, 15) is 0 Å². The van der Waals surface area contributed by atoms with E-state index in [0.717, 1.165) is 21.5 Å². The second kappa shape index (κ2) is 3.73. The molecule has 0 unspecified atom stereocenters. The molecular weight excluding hydrogens is 222 g/mol. The first kappa shape index (κ1) is 9.57. The number of fused-ring (bicyclic) bond motifs is 1. The highest BCUT2D eigenvalue weighted by atomic mass is 32.1. The van der Waals surface area contributed by atoms with Gasteiger partial charge in [-0.15, -0.1) is 11.3 Å². The van der Waals surface area contributed by atoms with E-state index in [1.54, 1.807) is 11.3 Å². The molecule has 0 saturated carbocycles. The summed E-state index contributed by atoms with van der Waals surface area (Å²) in [7, 11) is 0. The van der Waals surface area contributed by atoms with Gasteiger partial charge in [-0.1, -0.05) is 12.1 Å². The van der Waals surface area contributed by atoms with Gasteiger partial charge >= 0.3 is 0 Å². The van der Waals surface area contributed by atoms with Gasteiger partial charge in [0.1, 0.15) is 5.52 Å². The van der Waals surface area contributed by atoms with E-state index >= 15 is 0 Å². The Bertz CT molecular complexity index is 613. The molecule has 1 N–H and O–H groups in total. The van der Waals surface area contributed by atoms with Gasteiger partial charge in [-0.05, 0) is 29.1 Å². The fourth-order valence-electron chi connectivity index (χ4n) is 1.58. The monoisotopic (exact) mass is 231 g/mol. The average Bonchev–Trinajstić information content (AvgIpc) is 2.96. The lowest BCUT2D eigenvalue weighted by Gasteiger charge is -1.92. The molecule has 2 heterocycles. The summed E-state index contributed by atoms with van der Waals surface area (Å²) in [5, 5.41) is 11.0. The second-order valence-electron chi connectivity index (χ2n) is 3.46. The summed E-state index contributed by atoms with van der Waals surface area (Å²) in [6, 6.07) is 9.46. The smallest absolute Gasteiger partial charge is 0.237 e. The number of aliphatic hydroxyl groups is 1. The van der Waals surface area contributed by atoms with Crippen LogP contribution in [0, 0.1) is 0 Å². The maximum Gasteiger partial charge on any atom is 0.237 e. The Morgan fingerprint density at radius 3 is 3.00 bits per heavy atom. The minimum Gasteiger partial charge on any atom is -0.435 e. The molecule has 2 aromatic heterocycles. The third-order valence-corrected chi connectivity index (χ3v) is 3.22. The standard InChI is InChI=1S/C12H9NO2S/c14-7-8-3-4-10-9(6-8)13-12(15-10)11-2-1-5-16-11/h1-6,14H,7H2.